The van der Waals surface area contributed by atoms with Gasteiger partial charge in [0.1, 0.15) is 11.4 Å². The van der Waals surface area contributed by atoms with E-state index in [4.69, 9.17) is 9.47 Å². The van der Waals surface area contributed by atoms with Gasteiger partial charge in [0.2, 0.25) is 29.5 Å². The second-order valence-corrected chi connectivity index (χ2v) is 14.3. The first-order valence-electron chi connectivity index (χ1n) is 19.3. The molecule has 0 aliphatic rings. The second kappa shape index (κ2) is 30.6. The van der Waals surface area contributed by atoms with Crippen LogP contribution in [0, 0.1) is 0 Å². The molecule has 312 valence electrons. The second-order valence-electron chi connectivity index (χ2n) is 14.3. The first-order valence-corrected chi connectivity index (χ1v) is 19.3. The number of esters is 1. The van der Waals surface area contributed by atoms with Crippen LogP contribution in [-0.2, 0) is 43.0 Å². The van der Waals surface area contributed by atoms with Crippen LogP contribution in [0.4, 0.5) is 0 Å². The van der Waals surface area contributed by atoms with Gasteiger partial charge in [-0.2, -0.15) is 0 Å². The summed E-state index contributed by atoms with van der Waals surface area (Å²) in [7, 11) is 0. The van der Waals surface area contributed by atoms with E-state index < -0.39 is 23.3 Å². The molecular weight excluding hydrogens is 706 g/mol. The van der Waals surface area contributed by atoms with E-state index >= 15 is 0 Å². The summed E-state index contributed by atoms with van der Waals surface area (Å²) in [6, 6.07) is 0. The monoisotopic (exact) mass is 773 g/mol. The predicted molar refractivity (Wildman–Crippen MR) is 197 cm³/mol. The van der Waals surface area contributed by atoms with E-state index in [0.717, 1.165) is 0 Å². The number of carbonyl (C=O) groups is 7. The summed E-state index contributed by atoms with van der Waals surface area (Å²) in [4.78, 5) is 82.9. The fraction of sp³-hybridized carbons (Fsp3) is 0.811. The Kier molecular flexibility index (Phi) is 28.6. The maximum absolute atomic E-state index is 12.2. The van der Waals surface area contributed by atoms with Crippen LogP contribution >= 0.6 is 0 Å². The van der Waals surface area contributed by atoms with Crippen LogP contribution in [0.3, 0.4) is 0 Å². The average Bonchev–Trinajstić information content (AvgIpc) is 3.10. The van der Waals surface area contributed by atoms with Gasteiger partial charge in [0.05, 0.1) is 6.61 Å². The van der Waals surface area contributed by atoms with Gasteiger partial charge in [-0.1, -0.05) is 12.8 Å². The molecule has 0 aliphatic carbocycles. The predicted octanol–water partition coefficient (Wildman–Crippen LogP) is 3.84. The number of amides is 5. The number of ketones is 1. The molecule has 0 saturated carbocycles. The summed E-state index contributed by atoms with van der Waals surface area (Å²) in [6.45, 7) is 8.66. The number of rotatable bonds is 32. The van der Waals surface area contributed by atoms with Crippen molar-refractivity contribution in [3.05, 3.63) is 0 Å². The third-order valence-electron chi connectivity index (χ3n) is 8.00. The van der Waals surface area contributed by atoms with Gasteiger partial charge in [-0.25, -0.2) is 15.2 Å². The largest absolute Gasteiger partial charge is 0.460 e. The van der Waals surface area contributed by atoms with Gasteiger partial charge < -0.3 is 20.1 Å². The van der Waals surface area contributed by atoms with E-state index in [0.29, 0.717) is 112 Å². The molecule has 0 heterocycles. The Morgan fingerprint density at radius 2 is 1.00 bits per heavy atom. The number of Topliss-reactive ketones (excluding diaryl/α,β-unsaturated/α-hetero) is 1. The molecule has 0 unspecified atom stereocenters. The number of hydrogen-bond acceptors (Lipinski definition) is 12. The number of nitrogens with one attached hydrogen (secondary N) is 2. The number of ether oxygens (including phenoxy) is 2. The average molecular weight is 774 g/mol. The standard InChI is InChI=1S/C37H67N5O12/c1-30(43)40(50)25-13-7-10-23-38-32(45)19-21-35(48)42(52)26-12-6-5-9-16-31(44)18-20-34(47)41(51)27-14-8-11-24-39-33(46)22-29-53-28-15-17-36(49)54-37(2,3)4/h50-52H,5-29H2,1-4H3,(H,38,45)(H,39,46). The van der Waals surface area contributed by atoms with Crippen molar-refractivity contribution in [3.63, 3.8) is 0 Å². The van der Waals surface area contributed by atoms with Crippen molar-refractivity contribution in [2.75, 3.05) is 45.9 Å². The van der Waals surface area contributed by atoms with E-state index in [9.17, 15) is 49.2 Å². The van der Waals surface area contributed by atoms with Gasteiger partial charge in [0.25, 0.3) is 0 Å². The van der Waals surface area contributed by atoms with Crippen molar-refractivity contribution in [3.8, 4) is 0 Å². The van der Waals surface area contributed by atoms with Crippen molar-refractivity contribution in [1.82, 2.24) is 25.8 Å². The lowest BCUT2D eigenvalue weighted by Gasteiger charge is -2.19. The SMILES string of the molecule is CC(=O)N(O)CCCCCNC(=O)CCC(=O)N(O)CCCCCCC(=O)CCC(=O)N(O)CCCCCNC(=O)CCOCCCC(=O)OC(C)(C)C. The lowest BCUT2D eigenvalue weighted by atomic mass is 10.1. The maximum Gasteiger partial charge on any atom is 0.306 e. The van der Waals surface area contributed by atoms with Crippen LogP contribution in [0.5, 0.6) is 0 Å². The maximum atomic E-state index is 12.2. The van der Waals surface area contributed by atoms with E-state index in [1.54, 1.807) is 0 Å². The quantitative estimate of drug-likeness (QED) is 0.0284. The molecule has 0 aromatic heterocycles. The van der Waals surface area contributed by atoms with Crippen LogP contribution in [0.15, 0.2) is 0 Å². The summed E-state index contributed by atoms with van der Waals surface area (Å²) in [6.07, 6.45) is 7.43. The molecule has 0 atom stereocenters. The summed E-state index contributed by atoms with van der Waals surface area (Å²) < 4.78 is 10.6. The summed E-state index contributed by atoms with van der Waals surface area (Å²) >= 11 is 0. The van der Waals surface area contributed by atoms with E-state index in [1.807, 2.05) is 20.8 Å². The molecule has 17 nitrogen and oxygen atoms in total. The number of hydroxylamine groups is 6. The topological polar surface area (TPSA) is 232 Å². The highest BCUT2D eigenvalue weighted by atomic mass is 16.6. The molecule has 5 N–H and O–H groups in total. The normalized spacial score (nSPS) is 11.1. The molecule has 17 heteroatoms. The van der Waals surface area contributed by atoms with E-state index in [2.05, 4.69) is 10.6 Å². The van der Waals surface area contributed by atoms with Crippen molar-refractivity contribution in [1.29, 1.82) is 0 Å². The smallest absolute Gasteiger partial charge is 0.306 e. The Hall–Kier alpha value is -3.67. The van der Waals surface area contributed by atoms with Crippen LogP contribution in [0.25, 0.3) is 0 Å². The Bertz CT molecular complexity index is 1130. The number of unbranched alkanes of at least 4 members (excludes halogenated alkanes) is 7. The Balaban J connectivity index is 3.76. The Labute approximate surface area is 320 Å². The fourth-order valence-corrected chi connectivity index (χ4v) is 4.93. The van der Waals surface area contributed by atoms with Gasteiger partial charge in [-0.3, -0.25) is 49.2 Å². The third kappa shape index (κ3) is 30.8. The Morgan fingerprint density at radius 1 is 0.519 bits per heavy atom. The van der Waals surface area contributed by atoms with Gasteiger partial charge in [-0.05, 0) is 78.6 Å². The summed E-state index contributed by atoms with van der Waals surface area (Å²) in [5, 5.41) is 36.6. The first kappa shape index (κ1) is 50.3. The molecule has 5 amide bonds. The van der Waals surface area contributed by atoms with Gasteiger partial charge in [-0.15, -0.1) is 0 Å². The molecule has 0 spiro atoms. The molecule has 54 heavy (non-hydrogen) atoms. The van der Waals surface area contributed by atoms with Gasteiger partial charge in [0.15, 0.2) is 0 Å². The molecule has 0 rings (SSSR count). The zero-order valence-electron chi connectivity index (χ0n) is 33.0. The highest BCUT2D eigenvalue weighted by Crippen LogP contribution is 2.10. The number of hydrogen-bond donors (Lipinski definition) is 5. The lowest BCUT2D eigenvalue weighted by molar-refractivity contribution is -0.166. The van der Waals surface area contributed by atoms with Crippen LogP contribution in [0.1, 0.15) is 143 Å². The minimum Gasteiger partial charge on any atom is -0.460 e. The molecule has 0 saturated heterocycles. The highest BCUT2D eigenvalue weighted by Gasteiger charge is 2.16. The Morgan fingerprint density at radius 3 is 1.54 bits per heavy atom. The molecule has 0 radical (unpaired) electrons. The first-order chi connectivity index (χ1) is 25.5. The molecule has 0 aromatic rings. The number of nitrogens with zero attached hydrogens (tertiary/aromatic N) is 3. The van der Waals surface area contributed by atoms with Gasteiger partial charge >= 0.3 is 5.97 Å². The third-order valence-corrected chi connectivity index (χ3v) is 8.00. The fourth-order valence-electron chi connectivity index (χ4n) is 4.93. The zero-order valence-corrected chi connectivity index (χ0v) is 33.0. The number of carbonyl (C=O) groups excluding carboxylic acids is 7. The van der Waals surface area contributed by atoms with Crippen LogP contribution in [-0.4, -0.2) is 124 Å². The van der Waals surface area contributed by atoms with Crippen LogP contribution in [0.2, 0.25) is 0 Å². The van der Waals surface area contributed by atoms with Crippen molar-refractivity contribution < 1.29 is 58.7 Å². The summed E-state index contributed by atoms with van der Waals surface area (Å²) in [5.41, 5.74) is -0.515. The molecule has 0 fully saturated rings. The zero-order chi connectivity index (χ0) is 40.8. The summed E-state index contributed by atoms with van der Waals surface area (Å²) in [5.74, 6) is -2.31. The minimum atomic E-state index is -0.552. The van der Waals surface area contributed by atoms with E-state index in [-0.39, 0.29) is 88.3 Å². The van der Waals surface area contributed by atoms with Gasteiger partial charge in [0, 0.05) is 91.2 Å². The van der Waals surface area contributed by atoms with E-state index in [1.165, 1.54) is 6.92 Å². The minimum absolute atomic E-state index is 0.0332. The van der Waals surface area contributed by atoms with Crippen LogP contribution < -0.4 is 10.6 Å². The highest BCUT2D eigenvalue weighted by molar-refractivity contribution is 5.84. The molecule has 0 aromatic carbocycles. The molecule has 0 aliphatic heterocycles. The molecular formula is C37H67N5O12. The van der Waals surface area contributed by atoms with Crippen molar-refractivity contribution in [2.45, 2.75) is 149 Å². The van der Waals surface area contributed by atoms with Crippen molar-refractivity contribution in [2.24, 2.45) is 0 Å². The molecule has 0 bridgehead atoms. The van der Waals surface area contributed by atoms with Crippen molar-refractivity contribution >= 4 is 41.3 Å². The lowest BCUT2D eigenvalue weighted by Crippen LogP contribution is -2.31.